The van der Waals surface area contributed by atoms with Gasteiger partial charge < -0.3 is 24.3 Å². The van der Waals surface area contributed by atoms with Gasteiger partial charge in [0.05, 0.1) is 36.6 Å². The van der Waals surface area contributed by atoms with Gasteiger partial charge in [-0.2, -0.15) is 0 Å². The number of aryl methyl sites for hydroxylation is 1. The Kier molecular flexibility index (Phi) is 6.55. The molecule has 1 N–H and O–H groups in total. The number of pyridine rings is 3. The monoisotopic (exact) mass is 449 g/mol. The van der Waals surface area contributed by atoms with E-state index in [1.54, 1.807) is 30.0 Å². The first-order valence-electron chi connectivity index (χ1n) is 11.8. The fourth-order valence-electron chi connectivity index (χ4n) is 4.71. The lowest BCUT2D eigenvalue weighted by atomic mass is 10.0. The molecule has 2 aliphatic heterocycles. The summed E-state index contributed by atoms with van der Waals surface area (Å²) >= 11 is 0. The van der Waals surface area contributed by atoms with Crippen molar-refractivity contribution in [2.75, 3.05) is 33.4 Å². The molecule has 1 saturated heterocycles. The van der Waals surface area contributed by atoms with Crippen molar-refractivity contribution in [3.05, 3.63) is 58.3 Å². The number of rotatable bonds is 7. The zero-order valence-corrected chi connectivity index (χ0v) is 19.1. The van der Waals surface area contributed by atoms with Crippen molar-refractivity contribution < 1.29 is 9.47 Å². The summed E-state index contributed by atoms with van der Waals surface area (Å²) in [6, 6.07) is 7.82. The summed E-state index contributed by atoms with van der Waals surface area (Å²) in [7, 11) is 1.61. The highest BCUT2D eigenvalue weighted by Gasteiger charge is 2.20. The molecule has 0 bridgehead atoms. The molecule has 5 rings (SSSR count). The molecule has 0 radical (unpaired) electrons. The highest BCUT2D eigenvalue weighted by Crippen LogP contribution is 2.24. The first-order chi connectivity index (χ1) is 16.2. The Morgan fingerprint density at radius 1 is 1.15 bits per heavy atom. The van der Waals surface area contributed by atoms with Crippen LogP contribution in [0.2, 0.25) is 0 Å². The first-order valence-corrected chi connectivity index (χ1v) is 11.8. The van der Waals surface area contributed by atoms with Crippen LogP contribution in [0, 0.1) is 0 Å². The molecule has 0 unspecified atom stereocenters. The molecule has 0 atom stereocenters. The summed E-state index contributed by atoms with van der Waals surface area (Å²) in [5, 5.41) is 3.66. The molecule has 0 amide bonds. The molecule has 1 fully saturated rings. The maximum Gasteiger partial charge on any atom is 0.251 e. The number of likely N-dealkylation sites (tertiary alicyclic amines) is 1. The third-order valence-corrected chi connectivity index (χ3v) is 6.70. The number of ether oxygens (including phenoxy) is 2. The minimum absolute atomic E-state index is 0.00404. The van der Waals surface area contributed by atoms with E-state index < -0.39 is 0 Å². The number of hydrogen-bond acceptors (Lipinski definition) is 7. The number of nitrogens with zero attached hydrogens (tertiary/aromatic N) is 4. The van der Waals surface area contributed by atoms with E-state index in [1.807, 2.05) is 12.3 Å². The van der Waals surface area contributed by atoms with E-state index in [1.165, 1.54) is 5.56 Å². The Hall–Kier alpha value is -2.97. The number of fused-ring (bicyclic) bond motifs is 2. The van der Waals surface area contributed by atoms with Gasteiger partial charge in [-0.15, -0.1) is 0 Å². The average Bonchev–Trinajstić information content (AvgIpc) is 2.87. The van der Waals surface area contributed by atoms with Crippen LogP contribution >= 0.6 is 0 Å². The molecule has 8 heteroatoms. The number of nitrogens with one attached hydrogen (secondary N) is 1. The number of hydrogen-bond donors (Lipinski definition) is 1. The van der Waals surface area contributed by atoms with Crippen LogP contribution in [-0.2, 0) is 19.5 Å². The van der Waals surface area contributed by atoms with Crippen molar-refractivity contribution in [3.8, 4) is 11.5 Å². The third kappa shape index (κ3) is 5.02. The first kappa shape index (κ1) is 21.9. The van der Waals surface area contributed by atoms with Crippen LogP contribution in [-0.4, -0.2) is 58.8 Å². The molecule has 8 nitrogen and oxygen atoms in total. The van der Waals surface area contributed by atoms with E-state index in [9.17, 15) is 4.79 Å². The lowest BCUT2D eigenvalue weighted by Gasteiger charge is -2.32. The van der Waals surface area contributed by atoms with Crippen LogP contribution in [0.15, 0.2) is 41.5 Å². The summed E-state index contributed by atoms with van der Waals surface area (Å²) in [5.74, 6) is 1.66. The van der Waals surface area contributed by atoms with E-state index in [0.29, 0.717) is 18.3 Å². The van der Waals surface area contributed by atoms with Crippen LogP contribution in [0.4, 0.5) is 0 Å². The number of aromatic nitrogens is 3. The predicted octanol–water partition coefficient (Wildman–Crippen LogP) is 2.38. The molecular weight excluding hydrogens is 418 g/mol. The standard InChI is InChI=1S/C25H31N5O3/c1-32-21-14-23-22(28-17-21)4-5-25(31)30(23)11-10-29-8-6-19(7-9-29)27-16-20-13-24-18(15-26-20)3-2-12-33-24/h4-5,13-15,17,19,27H,2-3,6-12,16H2,1H3. The third-order valence-electron chi connectivity index (χ3n) is 6.70. The summed E-state index contributed by atoms with van der Waals surface area (Å²) in [5.41, 5.74) is 3.88. The molecule has 2 aliphatic rings. The lowest BCUT2D eigenvalue weighted by molar-refractivity contribution is 0.191. The predicted molar refractivity (Wildman–Crippen MR) is 127 cm³/mol. The SMILES string of the molecule is COc1cnc2ccc(=O)n(CCN3CCC(NCc4cc5c(cn4)CCCO5)CC3)c2c1. The van der Waals surface area contributed by atoms with E-state index in [-0.39, 0.29) is 5.56 Å². The zero-order valence-electron chi connectivity index (χ0n) is 19.1. The molecular formula is C25H31N5O3. The topological polar surface area (TPSA) is 81.5 Å². The minimum atomic E-state index is -0.00404. The Balaban J connectivity index is 1.13. The maximum absolute atomic E-state index is 12.5. The molecule has 0 saturated carbocycles. The van der Waals surface area contributed by atoms with E-state index in [4.69, 9.17) is 9.47 Å². The summed E-state index contributed by atoms with van der Waals surface area (Å²) in [6.07, 6.45) is 7.95. The van der Waals surface area contributed by atoms with Crippen molar-refractivity contribution in [2.45, 2.75) is 44.8 Å². The van der Waals surface area contributed by atoms with Crippen molar-refractivity contribution in [1.82, 2.24) is 24.8 Å². The lowest BCUT2D eigenvalue weighted by Crippen LogP contribution is -2.43. The second kappa shape index (κ2) is 9.89. The molecule has 0 aliphatic carbocycles. The van der Waals surface area contributed by atoms with Gasteiger partial charge in [-0.3, -0.25) is 14.8 Å². The van der Waals surface area contributed by atoms with Crippen LogP contribution in [0.5, 0.6) is 11.5 Å². The quantitative estimate of drug-likeness (QED) is 0.593. The highest BCUT2D eigenvalue weighted by atomic mass is 16.5. The molecule has 3 aromatic heterocycles. The Bertz CT molecular complexity index is 1170. The Labute approximate surface area is 193 Å². The second-order valence-electron chi connectivity index (χ2n) is 8.83. The second-order valence-corrected chi connectivity index (χ2v) is 8.83. The van der Waals surface area contributed by atoms with Gasteiger partial charge in [0.15, 0.2) is 0 Å². The summed E-state index contributed by atoms with van der Waals surface area (Å²) < 4.78 is 12.9. The van der Waals surface area contributed by atoms with E-state index >= 15 is 0 Å². The van der Waals surface area contributed by atoms with E-state index in [0.717, 1.165) is 80.9 Å². The van der Waals surface area contributed by atoms with Gasteiger partial charge in [0.1, 0.15) is 11.5 Å². The van der Waals surface area contributed by atoms with Crippen LogP contribution in [0.25, 0.3) is 11.0 Å². The Morgan fingerprint density at radius 3 is 2.88 bits per heavy atom. The fourth-order valence-corrected chi connectivity index (χ4v) is 4.71. The zero-order chi connectivity index (χ0) is 22.6. The Morgan fingerprint density at radius 2 is 2.03 bits per heavy atom. The van der Waals surface area contributed by atoms with Gasteiger partial charge in [0.2, 0.25) is 0 Å². The van der Waals surface area contributed by atoms with Crippen molar-refractivity contribution in [1.29, 1.82) is 0 Å². The molecule has 0 spiro atoms. The largest absolute Gasteiger partial charge is 0.495 e. The summed E-state index contributed by atoms with van der Waals surface area (Å²) in [6.45, 7) is 5.08. The van der Waals surface area contributed by atoms with Crippen molar-refractivity contribution in [3.63, 3.8) is 0 Å². The van der Waals surface area contributed by atoms with Gasteiger partial charge in [-0.1, -0.05) is 0 Å². The normalized spacial score (nSPS) is 17.0. The van der Waals surface area contributed by atoms with Gasteiger partial charge in [-0.05, 0) is 44.8 Å². The van der Waals surface area contributed by atoms with Crippen LogP contribution < -0.4 is 20.3 Å². The van der Waals surface area contributed by atoms with Gasteiger partial charge in [0, 0.05) is 55.6 Å². The fraction of sp³-hybridized carbons (Fsp3) is 0.480. The van der Waals surface area contributed by atoms with Crippen LogP contribution in [0.3, 0.4) is 0 Å². The van der Waals surface area contributed by atoms with E-state index in [2.05, 4.69) is 26.3 Å². The maximum atomic E-state index is 12.5. The summed E-state index contributed by atoms with van der Waals surface area (Å²) in [4.78, 5) is 24.0. The minimum Gasteiger partial charge on any atom is -0.495 e. The smallest absolute Gasteiger partial charge is 0.251 e. The molecule has 0 aromatic carbocycles. The highest BCUT2D eigenvalue weighted by molar-refractivity contribution is 5.75. The molecule has 5 heterocycles. The van der Waals surface area contributed by atoms with Crippen LogP contribution in [0.1, 0.15) is 30.5 Å². The number of methoxy groups -OCH3 is 1. The molecule has 3 aromatic rings. The van der Waals surface area contributed by atoms with Gasteiger partial charge in [0.25, 0.3) is 5.56 Å². The molecule has 33 heavy (non-hydrogen) atoms. The average molecular weight is 450 g/mol. The van der Waals surface area contributed by atoms with Gasteiger partial charge in [-0.25, -0.2) is 0 Å². The molecule has 174 valence electrons. The number of piperidine rings is 1. The van der Waals surface area contributed by atoms with Crippen molar-refractivity contribution >= 4 is 11.0 Å². The van der Waals surface area contributed by atoms with Gasteiger partial charge >= 0.3 is 0 Å². The van der Waals surface area contributed by atoms with Crippen molar-refractivity contribution in [2.24, 2.45) is 0 Å².